The van der Waals surface area contributed by atoms with Crippen LogP contribution >= 0.6 is 23.2 Å². The van der Waals surface area contributed by atoms with Crippen LogP contribution in [-0.2, 0) is 0 Å². The van der Waals surface area contributed by atoms with Crippen LogP contribution in [0.2, 0.25) is 96.3 Å². The van der Waals surface area contributed by atoms with Crippen molar-refractivity contribution in [1.29, 1.82) is 0 Å². The molecule has 195 valence electrons. The van der Waals surface area contributed by atoms with Gasteiger partial charge in [-0.2, -0.15) is 0 Å². The number of hydrogen-bond acceptors (Lipinski definition) is 1. The zero-order chi connectivity index (χ0) is 27.1. The maximum atomic E-state index is 11.7. The molecule has 0 saturated carbocycles. The number of aliphatic hydroxyl groups is 1. The van der Waals surface area contributed by atoms with E-state index in [1.54, 1.807) is 0 Å². The Morgan fingerprint density at radius 1 is 0.714 bits per heavy atom. The predicted molar refractivity (Wildman–Crippen MR) is 174 cm³/mol. The van der Waals surface area contributed by atoms with E-state index < -0.39 is 46.6 Å². The van der Waals surface area contributed by atoms with Gasteiger partial charge in [0.25, 0.3) is 0 Å². The summed E-state index contributed by atoms with van der Waals surface area (Å²) in [7, 11) is -6.00. The summed E-state index contributed by atoms with van der Waals surface area (Å²) in [6.07, 6.45) is 6.45. The van der Waals surface area contributed by atoms with Crippen LogP contribution in [0, 0.1) is 0 Å². The van der Waals surface area contributed by atoms with E-state index in [1.807, 2.05) is 30.3 Å². The Labute approximate surface area is 234 Å². The Bertz CT molecular complexity index is 930. The van der Waals surface area contributed by atoms with Crippen molar-refractivity contribution in [3.8, 4) is 0 Å². The molecule has 0 bridgehead atoms. The van der Waals surface area contributed by atoms with E-state index in [2.05, 4.69) is 90.7 Å². The van der Waals surface area contributed by atoms with Gasteiger partial charge in [-0.15, -0.1) is 0 Å². The van der Waals surface area contributed by atoms with E-state index in [0.29, 0.717) is 10.8 Å². The fraction of sp³-hybridized carbons (Fsp3) is 0.556. The molecule has 1 nitrogen and oxygen atoms in total. The van der Waals surface area contributed by atoms with Gasteiger partial charge in [0.1, 0.15) is 0 Å². The Balaban J connectivity index is 2.95. The summed E-state index contributed by atoms with van der Waals surface area (Å²) in [6.45, 7) is 31.3. The quantitative estimate of drug-likeness (QED) is 0.221. The van der Waals surface area contributed by atoms with E-state index in [0.717, 1.165) is 24.2 Å². The van der Waals surface area contributed by atoms with Gasteiger partial charge >= 0.3 is 236 Å². The van der Waals surface area contributed by atoms with E-state index >= 15 is 0 Å². The van der Waals surface area contributed by atoms with Gasteiger partial charge in [-0.05, 0) is 0 Å². The minimum atomic E-state index is -1.94. The molecule has 1 aliphatic rings. The number of halogens is 2. The molecule has 0 heterocycles. The first-order valence-electron chi connectivity index (χ1n) is 12.8. The molecule has 0 amide bonds. The molecule has 1 aromatic rings. The van der Waals surface area contributed by atoms with Crippen molar-refractivity contribution < 1.29 is 5.11 Å². The van der Waals surface area contributed by atoms with Gasteiger partial charge in [-0.3, -0.25) is 0 Å². The number of hydrogen-bond donors (Lipinski definition) is 1. The minimum absolute atomic E-state index is 0.273. The van der Waals surface area contributed by atoms with Gasteiger partial charge in [0, 0.05) is 0 Å². The molecule has 35 heavy (non-hydrogen) atoms. The zero-order valence-corrected chi connectivity index (χ0v) is 31.6. The second-order valence-electron chi connectivity index (χ2n) is 14.5. The Morgan fingerprint density at radius 3 is 1.49 bits per heavy atom. The molecule has 1 atom stereocenters. The summed E-state index contributed by atoms with van der Waals surface area (Å²) in [5, 5.41) is 13.2. The first-order valence-corrected chi connectivity index (χ1v) is 31.5. The summed E-state index contributed by atoms with van der Waals surface area (Å²) >= 11 is 11.0. The average molecular weight is 644 g/mol. The second kappa shape index (κ2) is 11.1. The van der Waals surface area contributed by atoms with Crippen molar-refractivity contribution in [1.82, 2.24) is 0 Å². The van der Waals surface area contributed by atoms with Gasteiger partial charge < -0.3 is 0 Å². The third-order valence-electron chi connectivity index (χ3n) is 6.96. The van der Waals surface area contributed by atoms with Gasteiger partial charge in [0.2, 0.25) is 0 Å². The number of rotatable bonds is 8. The van der Waals surface area contributed by atoms with Crippen LogP contribution < -0.4 is 0 Å². The predicted octanol–water partition coefficient (Wildman–Crippen LogP) is 10.4. The zero-order valence-electron chi connectivity index (χ0n) is 24.0. The molecular weight excluding hydrogens is 596 g/mol. The first-order chi connectivity index (χ1) is 15.7. The van der Waals surface area contributed by atoms with Crippen molar-refractivity contribution in [2.45, 2.75) is 91.3 Å². The monoisotopic (exact) mass is 643 g/mol. The van der Waals surface area contributed by atoms with Crippen molar-refractivity contribution >= 4 is 75.6 Å². The number of aliphatic hydroxyl groups excluding tert-OH is 1. The summed E-state index contributed by atoms with van der Waals surface area (Å²) < 4.78 is 2.00. The summed E-state index contributed by atoms with van der Waals surface area (Å²) in [5.41, 5.74) is 1.94. The topological polar surface area (TPSA) is 20.2 Å². The van der Waals surface area contributed by atoms with Crippen molar-refractivity contribution in [3.63, 3.8) is 0 Å². The Morgan fingerprint density at radius 2 is 1.11 bits per heavy atom. The molecule has 1 aliphatic carbocycles. The molecule has 1 aromatic carbocycles. The molecular formula is C27H47Cl2GeOSi4. The second-order valence-corrected chi connectivity index (χ2v) is 48.4. The van der Waals surface area contributed by atoms with Gasteiger partial charge in [0.15, 0.2) is 0 Å². The van der Waals surface area contributed by atoms with E-state index in [-0.39, 0.29) is 4.75 Å². The van der Waals surface area contributed by atoms with Crippen molar-refractivity contribution in [2.75, 3.05) is 0 Å². The van der Waals surface area contributed by atoms with Gasteiger partial charge in [0.05, 0.1) is 0 Å². The Kier molecular flexibility index (Phi) is 10.0. The van der Waals surface area contributed by atoms with E-state index in [4.69, 9.17) is 23.2 Å². The molecule has 0 fully saturated rings. The van der Waals surface area contributed by atoms with E-state index in [1.165, 1.54) is 0 Å². The van der Waals surface area contributed by atoms with Crippen LogP contribution in [0.1, 0.15) is 5.56 Å². The molecule has 0 spiro atoms. The molecule has 8 heteroatoms. The van der Waals surface area contributed by atoms with Crippen LogP contribution in [-0.4, -0.2) is 51.8 Å². The molecule has 0 aliphatic heterocycles. The fourth-order valence-electron chi connectivity index (χ4n) is 6.98. The number of allylic oxidation sites excluding steroid dienone is 5. The van der Waals surface area contributed by atoms with E-state index in [9.17, 15) is 5.11 Å². The van der Waals surface area contributed by atoms with Crippen molar-refractivity contribution in [2.24, 2.45) is 0 Å². The first kappa shape index (κ1) is 31.4. The molecule has 1 radical (unpaired) electrons. The van der Waals surface area contributed by atoms with Crippen LogP contribution in [0.3, 0.4) is 0 Å². The van der Waals surface area contributed by atoms with Crippen molar-refractivity contribution in [3.05, 3.63) is 63.7 Å². The standard InChI is InChI=1S/C27H47Cl2GeOSi4/c1-32(2,3)26(33(4,5)6)30(27(34(7,8)9)35(10,11)12)24-19-22(29)17-18-23(24)25(31)20-13-15-21(28)16-14-20/h13-19,24,26-27,31H,1-12H3/b25-23-. The van der Waals surface area contributed by atoms with Gasteiger partial charge in [-0.25, -0.2) is 0 Å². The summed E-state index contributed by atoms with van der Waals surface area (Å²) in [6, 6.07) is 7.63. The van der Waals surface area contributed by atoms with Crippen LogP contribution in [0.4, 0.5) is 0 Å². The molecule has 1 N–H and O–H groups in total. The summed E-state index contributed by atoms with van der Waals surface area (Å²) in [5.74, 6) is 0.406. The van der Waals surface area contributed by atoms with Crippen LogP contribution in [0.5, 0.6) is 0 Å². The molecule has 0 saturated heterocycles. The fourth-order valence-corrected chi connectivity index (χ4v) is 72.4. The maximum absolute atomic E-state index is 11.7. The Hall–Kier alpha value is 0.230. The third-order valence-corrected chi connectivity index (χ3v) is 58.8. The molecule has 1 unspecified atom stereocenters. The SMILES string of the molecule is C[Si](C)(C)[CH]([Ge]([CH]1C=C(Cl)C=C/C1=C(/O)c1ccc(Cl)cc1)[CH]([Si](C)(C)C)[Si](C)(C)C)[Si](C)(C)C. The van der Waals surface area contributed by atoms with Gasteiger partial charge in [-0.1, -0.05) is 0 Å². The summed E-state index contributed by atoms with van der Waals surface area (Å²) in [4.78, 5) is 0. The normalized spacial score (nSPS) is 19.6. The number of benzene rings is 1. The molecule has 2 rings (SSSR count). The van der Waals surface area contributed by atoms with Crippen LogP contribution in [0.15, 0.2) is 53.1 Å². The average Bonchev–Trinajstić information content (AvgIpc) is 2.63. The molecule has 0 aromatic heterocycles. The van der Waals surface area contributed by atoms with Crippen LogP contribution in [0.25, 0.3) is 5.76 Å². The third kappa shape index (κ3) is 7.87.